The van der Waals surface area contributed by atoms with Gasteiger partial charge in [-0.05, 0) is 71.0 Å². The second-order valence-corrected chi connectivity index (χ2v) is 17.2. The highest BCUT2D eigenvalue weighted by Gasteiger charge is 2.39. The van der Waals surface area contributed by atoms with Gasteiger partial charge in [-0.3, -0.25) is 24.0 Å². The highest BCUT2D eigenvalue weighted by molar-refractivity contribution is 8.03. The maximum Gasteiger partial charge on any atom is 0.326 e. The van der Waals surface area contributed by atoms with E-state index < -0.39 is 65.6 Å². The van der Waals surface area contributed by atoms with Gasteiger partial charge in [0, 0.05) is 42.0 Å². The zero-order chi connectivity index (χ0) is 42.7. The first-order valence-electron chi connectivity index (χ1n) is 20.9. The minimum atomic E-state index is -1.35. The number of hydrogen-bond acceptors (Lipinski definition) is 7. The molecule has 3 heterocycles. The first-order chi connectivity index (χ1) is 29.6. The van der Waals surface area contributed by atoms with Crippen molar-refractivity contribution >= 4 is 53.0 Å². The monoisotopic (exact) mass is 841 g/mol. The van der Waals surface area contributed by atoms with E-state index in [1.54, 1.807) is 48.2 Å². The van der Waals surface area contributed by atoms with Crippen LogP contribution in [-0.2, 0) is 48.0 Å². The number of anilines is 1. The largest absolute Gasteiger partial charge is 0.480 e. The van der Waals surface area contributed by atoms with Crippen LogP contribution in [0.3, 0.4) is 0 Å². The summed E-state index contributed by atoms with van der Waals surface area (Å²) in [7, 11) is 0. The summed E-state index contributed by atoms with van der Waals surface area (Å²) in [5, 5.41) is 26.6. The maximum absolute atomic E-state index is 14.6. The van der Waals surface area contributed by atoms with Crippen LogP contribution in [0.2, 0.25) is 0 Å². The Labute approximate surface area is 359 Å². The summed E-state index contributed by atoms with van der Waals surface area (Å²) in [6, 6.07) is 28.4. The van der Waals surface area contributed by atoms with E-state index in [1.807, 2.05) is 84.3 Å². The van der Waals surface area contributed by atoms with E-state index in [1.165, 1.54) is 0 Å². The van der Waals surface area contributed by atoms with Gasteiger partial charge in [-0.2, -0.15) is 0 Å². The number of benzene rings is 4. The lowest BCUT2D eigenvalue weighted by molar-refractivity contribution is -0.142. The van der Waals surface area contributed by atoms with Crippen LogP contribution in [0.25, 0.3) is 11.1 Å². The zero-order valence-corrected chi connectivity index (χ0v) is 34.6. The number of fused-ring (bicyclic) bond motifs is 15. The predicted molar refractivity (Wildman–Crippen MR) is 235 cm³/mol. The first kappa shape index (κ1) is 42.9. The lowest BCUT2D eigenvalue weighted by Crippen LogP contribution is -2.59. The second kappa shape index (κ2) is 20.4. The van der Waals surface area contributed by atoms with Gasteiger partial charge in [0.05, 0.1) is 0 Å². The fourth-order valence-corrected chi connectivity index (χ4v) is 9.26. The summed E-state index contributed by atoms with van der Waals surface area (Å²) in [5.41, 5.74) is 4.52. The van der Waals surface area contributed by atoms with Gasteiger partial charge >= 0.3 is 5.97 Å². The van der Waals surface area contributed by atoms with Crippen LogP contribution < -0.4 is 26.6 Å². The molecule has 0 saturated heterocycles. The lowest BCUT2D eigenvalue weighted by atomic mass is 9.78. The van der Waals surface area contributed by atoms with E-state index in [0.29, 0.717) is 30.5 Å². The lowest BCUT2D eigenvalue weighted by Gasteiger charge is -2.32. The average Bonchev–Trinajstić information content (AvgIpc) is 3.80. The van der Waals surface area contributed by atoms with E-state index in [2.05, 4.69) is 26.6 Å². The van der Waals surface area contributed by atoms with Crippen LogP contribution in [0.5, 0.6) is 0 Å². The van der Waals surface area contributed by atoms with Crippen LogP contribution in [0.4, 0.5) is 5.69 Å². The number of hydrogen-bond donors (Lipinski definition) is 6. The molecule has 316 valence electrons. The standard InChI is InChI=1S/C48H51N5O7S/c54-43-37-15-7-8-16-38(37)44(55)50-41(29-36-14-9-25-61-36)47(58)52-40(27-31-17-21-34(22-18-31)33-12-5-2-6-13-33)45(56)51-39(26-30-10-3-1-4-11-30)46(57)53-42(48(59)60)28-32-19-23-35(49-43)24-20-32/h1-6,9-13,17-25,36-42H,7-8,14-16,26-29H2,(H,49,54)(H,50,55)(H,51,56)(H,52,58)(H,53,57)(H,59,60)/t36?,37-,38+,39-,40+,41-,42+/m1/s1. The topological polar surface area (TPSA) is 183 Å². The van der Waals surface area contributed by atoms with Gasteiger partial charge in [0.15, 0.2) is 0 Å². The predicted octanol–water partition coefficient (Wildman–Crippen LogP) is 5.57. The van der Waals surface area contributed by atoms with Crippen LogP contribution in [0.1, 0.15) is 55.2 Å². The van der Waals surface area contributed by atoms with E-state index in [-0.39, 0.29) is 36.8 Å². The third-order valence-corrected chi connectivity index (χ3v) is 12.8. The first-order valence-corrected chi connectivity index (χ1v) is 21.9. The number of carbonyl (C=O) groups is 6. The molecule has 5 amide bonds. The highest BCUT2D eigenvalue weighted by atomic mass is 32.2. The maximum atomic E-state index is 14.6. The molecule has 4 aromatic rings. The molecule has 0 radical (unpaired) electrons. The molecule has 6 N–H and O–H groups in total. The van der Waals surface area contributed by atoms with Gasteiger partial charge in [0.25, 0.3) is 0 Å². The van der Waals surface area contributed by atoms with Crippen LogP contribution in [-0.4, -0.2) is 70.0 Å². The summed E-state index contributed by atoms with van der Waals surface area (Å²) in [4.78, 5) is 83.8. The summed E-state index contributed by atoms with van der Waals surface area (Å²) >= 11 is 1.57. The molecule has 2 bridgehead atoms. The third kappa shape index (κ3) is 11.5. The van der Waals surface area contributed by atoms with Gasteiger partial charge in [-0.15, -0.1) is 11.8 Å². The molecule has 1 saturated carbocycles. The molecule has 12 nitrogen and oxygen atoms in total. The molecule has 7 atom stereocenters. The number of allylic oxidation sites excluding steroid dienone is 1. The van der Waals surface area contributed by atoms with E-state index in [9.17, 15) is 33.9 Å². The number of carboxylic acid groups (broad SMARTS) is 1. The smallest absolute Gasteiger partial charge is 0.326 e. The minimum absolute atomic E-state index is 0.00196. The fourth-order valence-electron chi connectivity index (χ4n) is 8.29. The van der Waals surface area contributed by atoms with Gasteiger partial charge in [0.1, 0.15) is 24.2 Å². The van der Waals surface area contributed by atoms with Crippen molar-refractivity contribution in [1.29, 1.82) is 0 Å². The molecule has 1 unspecified atom stereocenters. The summed E-state index contributed by atoms with van der Waals surface area (Å²) in [5.74, 6) is -5.23. The molecule has 0 aromatic heterocycles. The van der Waals surface area contributed by atoms with Crippen molar-refractivity contribution in [2.24, 2.45) is 11.8 Å². The molecule has 1 fully saturated rings. The van der Waals surface area contributed by atoms with Gasteiger partial charge < -0.3 is 31.7 Å². The van der Waals surface area contributed by atoms with Crippen LogP contribution >= 0.6 is 11.8 Å². The van der Waals surface area contributed by atoms with Crippen molar-refractivity contribution in [2.45, 2.75) is 87.2 Å². The van der Waals surface area contributed by atoms with Gasteiger partial charge in [-0.25, -0.2) is 4.79 Å². The Balaban J connectivity index is 1.24. The number of aliphatic carboxylic acids is 1. The fraction of sp³-hybridized carbons (Fsp3) is 0.333. The Morgan fingerprint density at radius 3 is 1.74 bits per heavy atom. The molecule has 13 heteroatoms. The summed E-state index contributed by atoms with van der Waals surface area (Å²) < 4.78 is 0. The van der Waals surface area contributed by atoms with Crippen molar-refractivity contribution in [3.05, 3.63) is 137 Å². The second-order valence-electron chi connectivity index (χ2n) is 16.0. The van der Waals surface area contributed by atoms with Crippen molar-refractivity contribution in [3.8, 4) is 11.1 Å². The third-order valence-electron chi connectivity index (χ3n) is 11.7. The van der Waals surface area contributed by atoms with Crippen molar-refractivity contribution < 1.29 is 33.9 Å². The molecule has 0 spiro atoms. The average molecular weight is 842 g/mol. The normalized spacial score (nSPS) is 25.2. The Hall–Kier alpha value is -6.21. The van der Waals surface area contributed by atoms with Gasteiger partial charge in [0.2, 0.25) is 29.5 Å². The zero-order valence-electron chi connectivity index (χ0n) is 33.8. The highest BCUT2D eigenvalue weighted by Crippen LogP contribution is 2.33. The molecular formula is C48H51N5O7S. The van der Waals surface area contributed by atoms with Crippen molar-refractivity contribution in [2.75, 3.05) is 5.32 Å². The summed E-state index contributed by atoms with van der Waals surface area (Å²) in [6.07, 6.45) is 5.50. The van der Waals surface area contributed by atoms with Crippen LogP contribution in [0.15, 0.2) is 121 Å². The number of thioether (sulfide) groups is 1. The molecule has 4 aliphatic rings. The summed E-state index contributed by atoms with van der Waals surface area (Å²) in [6.45, 7) is 0. The Kier molecular flexibility index (Phi) is 14.3. The number of rotatable bonds is 8. The van der Waals surface area contributed by atoms with E-state index >= 15 is 0 Å². The molecule has 3 aliphatic heterocycles. The quantitative estimate of drug-likeness (QED) is 0.125. The molecule has 8 rings (SSSR count). The SMILES string of the molecule is O=C(O)[C@@H]1Cc2ccc(cc2)NC(=O)[C@@H]2CCCC[C@@H]2C(=O)N[C@H](CC2CC=CS2)C(=O)N[C@@H](Cc2ccc(-c3ccccc3)cc2)C(=O)N[C@H](Cc2ccccc2)C(=O)N1. The number of nitrogens with one attached hydrogen (secondary N) is 5. The minimum Gasteiger partial charge on any atom is -0.480 e. The van der Waals surface area contributed by atoms with Crippen molar-refractivity contribution in [1.82, 2.24) is 21.3 Å². The number of carbonyl (C=O) groups excluding carboxylic acids is 5. The Bertz CT molecular complexity index is 2210. The molecule has 61 heavy (non-hydrogen) atoms. The van der Waals surface area contributed by atoms with Crippen molar-refractivity contribution in [3.63, 3.8) is 0 Å². The molecular weight excluding hydrogens is 791 g/mol. The Morgan fingerprint density at radius 1 is 0.590 bits per heavy atom. The van der Waals surface area contributed by atoms with E-state index in [0.717, 1.165) is 35.1 Å². The Morgan fingerprint density at radius 2 is 1.13 bits per heavy atom. The van der Waals surface area contributed by atoms with Crippen LogP contribution in [0, 0.1) is 11.8 Å². The van der Waals surface area contributed by atoms with Gasteiger partial charge in [-0.1, -0.05) is 116 Å². The number of carboxylic acids is 1. The number of amides is 5. The molecule has 4 aromatic carbocycles. The molecule has 1 aliphatic carbocycles. The van der Waals surface area contributed by atoms with E-state index in [4.69, 9.17) is 0 Å².